The number of hydrogen-bond donors (Lipinski definition) is 2. The smallest absolute Gasteiger partial charge is 0.123 e. The van der Waals surface area contributed by atoms with Crippen LogP contribution in [0.1, 0.15) is 17.5 Å². The van der Waals surface area contributed by atoms with Gasteiger partial charge in [0.05, 0.1) is 11.9 Å². The van der Waals surface area contributed by atoms with Crippen LogP contribution in [0, 0.1) is 5.82 Å². The Morgan fingerprint density at radius 2 is 1.83 bits per heavy atom. The largest absolute Gasteiger partial charge is 0.396 e. The number of hydrogen-bond acceptors (Lipinski definition) is 4. The number of aliphatic hydroxyl groups is 1. The van der Waals surface area contributed by atoms with Crippen molar-refractivity contribution in [2.75, 3.05) is 26.2 Å². The average Bonchev–Trinajstić information content (AvgIpc) is 3.20. The van der Waals surface area contributed by atoms with E-state index in [0.717, 1.165) is 56.0 Å². The van der Waals surface area contributed by atoms with Crippen LogP contribution in [0.4, 0.5) is 4.39 Å². The molecule has 0 amide bonds. The zero-order valence-corrected chi connectivity index (χ0v) is 16.5. The highest BCUT2D eigenvalue weighted by molar-refractivity contribution is 5.62. The van der Waals surface area contributed by atoms with E-state index < -0.39 is 0 Å². The van der Waals surface area contributed by atoms with Gasteiger partial charge in [-0.25, -0.2) is 4.39 Å². The van der Waals surface area contributed by atoms with Crippen molar-refractivity contribution in [1.82, 2.24) is 20.0 Å². The number of aromatic nitrogens is 2. The Morgan fingerprint density at radius 1 is 1.03 bits per heavy atom. The fourth-order valence-electron chi connectivity index (χ4n) is 4.08. The maximum absolute atomic E-state index is 13.2. The molecule has 1 aromatic heterocycles. The highest BCUT2D eigenvalue weighted by Gasteiger charge is 2.27. The summed E-state index contributed by atoms with van der Waals surface area (Å²) in [5.74, 6) is -0.209. The summed E-state index contributed by atoms with van der Waals surface area (Å²) in [6, 6.07) is 17.2. The number of nitrogens with one attached hydrogen (secondary N) is 1. The molecular weight excluding hydrogens is 367 g/mol. The summed E-state index contributed by atoms with van der Waals surface area (Å²) in [5, 5.41) is 17.0. The lowest BCUT2D eigenvalue weighted by atomic mass is 10.0. The van der Waals surface area contributed by atoms with Gasteiger partial charge in [-0.15, -0.1) is 0 Å². The van der Waals surface area contributed by atoms with Crippen LogP contribution in [-0.4, -0.2) is 57.4 Å². The first kappa shape index (κ1) is 19.8. The third-order valence-electron chi connectivity index (χ3n) is 5.62. The molecule has 0 bridgehead atoms. The van der Waals surface area contributed by atoms with Gasteiger partial charge >= 0.3 is 0 Å². The van der Waals surface area contributed by atoms with Crippen LogP contribution in [0.3, 0.4) is 0 Å². The van der Waals surface area contributed by atoms with Crippen LogP contribution in [0.25, 0.3) is 11.3 Å². The topological polar surface area (TPSA) is 55.4 Å². The summed E-state index contributed by atoms with van der Waals surface area (Å²) in [6.07, 6.45) is 2.64. The lowest BCUT2D eigenvalue weighted by Crippen LogP contribution is -2.52. The van der Waals surface area contributed by atoms with E-state index >= 15 is 0 Å². The molecule has 1 aliphatic rings. The van der Waals surface area contributed by atoms with Crippen molar-refractivity contribution in [2.24, 2.45) is 0 Å². The number of benzene rings is 2. The molecule has 2 heterocycles. The maximum Gasteiger partial charge on any atom is 0.123 e. The first-order valence-electron chi connectivity index (χ1n) is 10.1. The van der Waals surface area contributed by atoms with E-state index in [-0.39, 0.29) is 18.5 Å². The second-order valence-electron chi connectivity index (χ2n) is 7.63. The first-order chi connectivity index (χ1) is 14.2. The second kappa shape index (κ2) is 9.31. The molecule has 3 aromatic rings. The van der Waals surface area contributed by atoms with Gasteiger partial charge in [-0.05, 0) is 29.7 Å². The standard InChI is InChI=1S/C23H27FN4O/c24-21-8-6-18(7-9-21)15-28-12-11-27(17-22(28)10-13-29)16-20-14-25-26-23(20)19-4-2-1-3-5-19/h1-9,14,22,29H,10-13,15-17H2,(H,25,26)/t22-/m0/s1. The van der Waals surface area contributed by atoms with Gasteiger partial charge in [0, 0.05) is 50.9 Å². The van der Waals surface area contributed by atoms with Gasteiger partial charge in [0.25, 0.3) is 0 Å². The molecule has 1 saturated heterocycles. The molecule has 5 nitrogen and oxygen atoms in total. The fraction of sp³-hybridized carbons (Fsp3) is 0.348. The van der Waals surface area contributed by atoms with Crippen LogP contribution in [-0.2, 0) is 13.1 Å². The number of piperazine rings is 1. The minimum Gasteiger partial charge on any atom is -0.396 e. The predicted molar refractivity (Wildman–Crippen MR) is 112 cm³/mol. The Balaban J connectivity index is 1.42. The van der Waals surface area contributed by atoms with Crippen molar-refractivity contribution < 1.29 is 9.50 Å². The molecule has 2 aromatic carbocycles. The van der Waals surface area contributed by atoms with Crippen molar-refractivity contribution in [2.45, 2.75) is 25.6 Å². The molecule has 4 rings (SSSR count). The molecule has 2 N–H and O–H groups in total. The number of H-pyrrole nitrogens is 1. The molecule has 1 fully saturated rings. The highest BCUT2D eigenvalue weighted by Crippen LogP contribution is 2.24. The third-order valence-corrected chi connectivity index (χ3v) is 5.62. The summed E-state index contributed by atoms with van der Waals surface area (Å²) in [5.41, 5.74) is 4.50. The molecule has 1 aliphatic heterocycles. The van der Waals surface area contributed by atoms with E-state index in [2.05, 4.69) is 32.1 Å². The highest BCUT2D eigenvalue weighted by atomic mass is 19.1. The van der Waals surface area contributed by atoms with Crippen molar-refractivity contribution in [1.29, 1.82) is 0 Å². The number of aliphatic hydroxyl groups excluding tert-OH is 1. The van der Waals surface area contributed by atoms with Crippen molar-refractivity contribution >= 4 is 0 Å². The zero-order valence-electron chi connectivity index (χ0n) is 16.5. The zero-order chi connectivity index (χ0) is 20.1. The fourth-order valence-corrected chi connectivity index (χ4v) is 4.08. The Morgan fingerprint density at radius 3 is 2.59 bits per heavy atom. The van der Waals surface area contributed by atoms with Crippen LogP contribution in [0.15, 0.2) is 60.8 Å². The maximum atomic E-state index is 13.2. The van der Waals surface area contributed by atoms with E-state index in [1.54, 1.807) is 0 Å². The summed E-state index contributed by atoms with van der Waals surface area (Å²) >= 11 is 0. The van der Waals surface area contributed by atoms with E-state index in [0.29, 0.717) is 0 Å². The monoisotopic (exact) mass is 394 g/mol. The Labute approximate surface area is 170 Å². The summed E-state index contributed by atoms with van der Waals surface area (Å²) in [6.45, 7) is 4.52. The molecule has 0 saturated carbocycles. The summed E-state index contributed by atoms with van der Waals surface area (Å²) in [7, 11) is 0. The lowest BCUT2D eigenvalue weighted by Gasteiger charge is -2.41. The molecule has 6 heteroatoms. The van der Waals surface area contributed by atoms with Gasteiger partial charge in [0.2, 0.25) is 0 Å². The molecule has 0 aliphatic carbocycles. The SMILES string of the molecule is OCC[C@H]1CN(Cc2cn[nH]c2-c2ccccc2)CCN1Cc1ccc(F)cc1. The molecule has 1 atom stereocenters. The van der Waals surface area contributed by atoms with Crippen molar-refractivity contribution in [3.05, 3.63) is 77.7 Å². The van der Waals surface area contributed by atoms with Gasteiger partial charge in [-0.1, -0.05) is 42.5 Å². The number of aromatic amines is 1. The van der Waals surface area contributed by atoms with Crippen molar-refractivity contribution in [3.8, 4) is 11.3 Å². The number of rotatable bonds is 7. The molecule has 0 radical (unpaired) electrons. The third kappa shape index (κ3) is 4.90. The van der Waals surface area contributed by atoms with E-state index in [9.17, 15) is 9.50 Å². The molecule has 0 spiro atoms. The van der Waals surface area contributed by atoms with E-state index in [4.69, 9.17) is 0 Å². The van der Waals surface area contributed by atoms with Crippen LogP contribution in [0.2, 0.25) is 0 Å². The summed E-state index contributed by atoms with van der Waals surface area (Å²) in [4.78, 5) is 4.83. The molecule has 152 valence electrons. The van der Waals surface area contributed by atoms with E-state index in [1.165, 1.54) is 17.7 Å². The minimum atomic E-state index is -0.209. The quantitative estimate of drug-likeness (QED) is 0.646. The van der Waals surface area contributed by atoms with Gasteiger partial charge in [0.1, 0.15) is 5.82 Å². The second-order valence-corrected chi connectivity index (χ2v) is 7.63. The number of halogens is 1. The summed E-state index contributed by atoms with van der Waals surface area (Å²) < 4.78 is 13.2. The van der Waals surface area contributed by atoms with Gasteiger partial charge < -0.3 is 5.11 Å². The van der Waals surface area contributed by atoms with Gasteiger partial charge in [-0.3, -0.25) is 14.9 Å². The Hall–Kier alpha value is -2.54. The average molecular weight is 394 g/mol. The Bertz CT molecular complexity index is 897. The van der Waals surface area contributed by atoms with Gasteiger partial charge in [0.15, 0.2) is 0 Å². The molecule has 0 unspecified atom stereocenters. The molecular formula is C23H27FN4O. The number of nitrogens with zero attached hydrogens (tertiary/aromatic N) is 3. The van der Waals surface area contributed by atoms with Crippen LogP contribution >= 0.6 is 0 Å². The first-order valence-corrected chi connectivity index (χ1v) is 10.1. The Kier molecular flexibility index (Phi) is 6.34. The van der Waals surface area contributed by atoms with Crippen molar-refractivity contribution in [3.63, 3.8) is 0 Å². The van der Waals surface area contributed by atoms with Crippen LogP contribution < -0.4 is 0 Å². The van der Waals surface area contributed by atoms with Crippen LogP contribution in [0.5, 0.6) is 0 Å². The minimum absolute atomic E-state index is 0.166. The molecule has 29 heavy (non-hydrogen) atoms. The van der Waals surface area contributed by atoms with Gasteiger partial charge in [-0.2, -0.15) is 5.10 Å². The van der Waals surface area contributed by atoms with E-state index in [1.807, 2.05) is 36.5 Å². The normalized spacial score (nSPS) is 18.2. The lowest BCUT2D eigenvalue weighted by molar-refractivity contribution is 0.0500. The predicted octanol–water partition coefficient (Wildman–Crippen LogP) is 3.28.